The predicted octanol–water partition coefficient (Wildman–Crippen LogP) is 4.03. The van der Waals surface area contributed by atoms with Gasteiger partial charge in [-0.05, 0) is 45.0 Å². The lowest BCUT2D eigenvalue weighted by Crippen LogP contribution is -2.26. The van der Waals surface area contributed by atoms with Gasteiger partial charge < -0.3 is 18.9 Å². The Labute approximate surface area is 163 Å². The van der Waals surface area contributed by atoms with Crippen molar-refractivity contribution in [2.45, 2.75) is 26.9 Å². The second-order valence-corrected chi connectivity index (χ2v) is 6.08. The zero-order valence-electron chi connectivity index (χ0n) is 16.1. The van der Waals surface area contributed by atoms with E-state index in [0.717, 1.165) is 5.56 Å². The smallest absolute Gasteiger partial charge is 0.347 e. The van der Waals surface area contributed by atoms with Crippen molar-refractivity contribution in [3.05, 3.63) is 59.4 Å². The molecule has 0 aromatic heterocycles. The van der Waals surface area contributed by atoms with Crippen molar-refractivity contribution in [2.24, 2.45) is 0 Å². The van der Waals surface area contributed by atoms with Gasteiger partial charge in [0.25, 0.3) is 0 Å². The highest BCUT2D eigenvalue weighted by atomic mass is 16.6. The highest BCUT2D eigenvalue weighted by Gasteiger charge is 2.28. The van der Waals surface area contributed by atoms with Crippen molar-refractivity contribution in [1.29, 1.82) is 0 Å². The first kappa shape index (κ1) is 19.5. The number of carbonyl (C=O) groups is 2. The highest BCUT2D eigenvalue weighted by molar-refractivity contribution is 6.14. The molecule has 0 spiro atoms. The SMILES string of the molecule is CCOC(=O)[C@@H](C)Oc1ccc2c(c1)OC(=Cc1ccccc1OCC)C2=O. The maximum Gasteiger partial charge on any atom is 0.347 e. The number of esters is 1. The Bertz CT molecular complexity index is 915. The molecule has 28 heavy (non-hydrogen) atoms. The number of rotatable bonds is 7. The first-order valence-electron chi connectivity index (χ1n) is 9.16. The lowest BCUT2D eigenvalue weighted by atomic mass is 10.1. The van der Waals surface area contributed by atoms with Crippen LogP contribution >= 0.6 is 0 Å². The Balaban J connectivity index is 1.81. The van der Waals surface area contributed by atoms with Crippen molar-refractivity contribution in [3.63, 3.8) is 0 Å². The van der Waals surface area contributed by atoms with Gasteiger partial charge in [-0.15, -0.1) is 0 Å². The van der Waals surface area contributed by atoms with E-state index in [1.165, 1.54) is 0 Å². The summed E-state index contributed by atoms with van der Waals surface area (Å²) in [7, 11) is 0. The van der Waals surface area contributed by atoms with Crippen LogP contribution in [0.4, 0.5) is 0 Å². The van der Waals surface area contributed by atoms with E-state index in [1.54, 1.807) is 38.1 Å². The summed E-state index contributed by atoms with van der Waals surface area (Å²) >= 11 is 0. The Morgan fingerprint density at radius 2 is 1.93 bits per heavy atom. The van der Waals surface area contributed by atoms with Crippen molar-refractivity contribution in [3.8, 4) is 17.2 Å². The third-order valence-corrected chi connectivity index (χ3v) is 4.08. The number of hydrogen-bond acceptors (Lipinski definition) is 6. The van der Waals surface area contributed by atoms with Gasteiger partial charge in [-0.25, -0.2) is 4.79 Å². The fourth-order valence-corrected chi connectivity index (χ4v) is 2.78. The first-order chi connectivity index (χ1) is 13.5. The molecule has 0 radical (unpaired) electrons. The van der Waals surface area contributed by atoms with Gasteiger partial charge in [0.05, 0.1) is 18.8 Å². The topological polar surface area (TPSA) is 71.1 Å². The monoisotopic (exact) mass is 382 g/mol. The molecule has 0 fully saturated rings. The second kappa shape index (κ2) is 8.61. The molecule has 0 N–H and O–H groups in total. The van der Waals surface area contributed by atoms with Crippen LogP contribution in [-0.4, -0.2) is 31.1 Å². The molecule has 146 valence electrons. The van der Waals surface area contributed by atoms with Crippen LogP contribution in [0.2, 0.25) is 0 Å². The summed E-state index contributed by atoms with van der Waals surface area (Å²) in [6, 6.07) is 12.3. The van der Waals surface area contributed by atoms with E-state index in [2.05, 4.69) is 0 Å². The molecule has 0 saturated heterocycles. The van der Waals surface area contributed by atoms with Crippen LogP contribution in [0.25, 0.3) is 6.08 Å². The van der Waals surface area contributed by atoms with Gasteiger partial charge >= 0.3 is 5.97 Å². The minimum atomic E-state index is -0.761. The van der Waals surface area contributed by atoms with Crippen LogP contribution in [0.15, 0.2) is 48.2 Å². The number of fused-ring (bicyclic) bond motifs is 1. The minimum Gasteiger partial charge on any atom is -0.493 e. The maximum absolute atomic E-state index is 12.6. The Hall–Kier alpha value is -3.28. The molecule has 0 unspecified atom stereocenters. The number of hydrogen-bond donors (Lipinski definition) is 0. The molecule has 1 atom stereocenters. The standard InChI is InChI=1S/C22H22O6/c1-4-25-18-9-7-6-8-15(18)12-20-21(23)17-11-10-16(13-19(17)28-20)27-14(3)22(24)26-5-2/h6-14H,4-5H2,1-3H3/t14-/m1/s1. The fourth-order valence-electron chi connectivity index (χ4n) is 2.78. The van der Waals surface area contributed by atoms with Gasteiger partial charge in [0, 0.05) is 11.6 Å². The van der Waals surface area contributed by atoms with Crippen LogP contribution in [0.1, 0.15) is 36.7 Å². The first-order valence-corrected chi connectivity index (χ1v) is 9.16. The molecular formula is C22H22O6. The number of ketones is 1. The van der Waals surface area contributed by atoms with E-state index in [1.807, 2.05) is 31.2 Å². The number of Topliss-reactive ketones (excluding diaryl/α,β-unsaturated/α-hetero) is 1. The zero-order valence-corrected chi connectivity index (χ0v) is 16.1. The second-order valence-electron chi connectivity index (χ2n) is 6.08. The third kappa shape index (κ3) is 4.17. The van der Waals surface area contributed by atoms with Gasteiger partial charge in [-0.1, -0.05) is 18.2 Å². The lowest BCUT2D eigenvalue weighted by Gasteiger charge is -2.13. The molecule has 0 amide bonds. The lowest BCUT2D eigenvalue weighted by molar-refractivity contribution is -0.150. The average Bonchev–Trinajstić information content (AvgIpc) is 2.98. The largest absolute Gasteiger partial charge is 0.493 e. The van der Waals surface area contributed by atoms with E-state index in [-0.39, 0.29) is 18.1 Å². The van der Waals surface area contributed by atoms with Crippen LogP contribution in [0.3, 0.4) is 0 Å². The molecule has 2 aromatic carbocycles. The Kier molecular flexibility index (Phi) is 5.99. The summed E-state index contributed by atoms with van der Waals surface area (Å²) in [5, 5.41) is 0. The van der Waals surface area contributed by atoms with E-state index in [0.29, 0.717) is 29.4 Å². The maximum atomic E-state index is 12.6. The summed E-state index contributed by atoms with van der Waals surface area (Å²) in [5.41, 5.74) is 1.20. The molecular weight excluding hydrogens is 360 g/mol. The van der Waals surface area contributed by atoms with Crippen LogP contribution in [0.5, 0.6) is 17.2 Å². The van der Waals surface area contributed by atoms with Crippen molar-refractivity contribution >= 4 is 17.8 Å². The predicted molar refractivity (Wildman–Crippen MR) is 104 cm³/mol. The summed E-state index contributed by atoms with van der Waals surface area (Å²) in [6.45, 7) is 6.04. The van der Waals surface area contributed by atoms with Gasteiger partial charge in [-0.2, -0.15) is 0 Å². The summed E-state index contributed by atoms with van der Waals surface area (Å²) in [6.07, 6.45) is 0.901. The van der Waals surface area contributed by atoms with Gasteiger partial charge in [-0.3, -0.25) is 4.79 Å². The summed E-state index contributed by atoms with van der Waals surface area (Å²) in [4.78, 5) is 24.4. The molecule has 0 aliphatic carbocycles. The molecule has 6 heteroatoms. The van der Waals surface area contributed by atoms with Crippen LogP contribution in [-0.2, 0) is 9.53 Å². The molecule has 2 aromatic rings. The van der Waals surface area contributed by atoms with E-state index < -0.39 is 12.1 Å². The molecule has 3 rings (SSSR count). The Morgan fingerprint density at radius 3 is 2.68 bits per heavy atom. The molecule has 1 aliphatic rings. The van der Waals surface area contributed by atoms with Crippen molar-refractivity contribution in [2.75, 3.05) is 13.2 Å². The van der Waals surface area contributed by atoms with Gasteiger partial charge in [0.2, 0.25) is 5.78 Å². The summed E-state index contributed by atoms with van der Waals surface area (Å²) < 4.78 is 21.9. The van der Waals surface area contributed by atoms with Gasteiger partial charge in [0.1, 0.15) is 17.2 Å². The van der Waals surface area contributed by atoms with E-state index in [9.17, 15) is 9.59 Å². The molecule has 0 bridgehead atoms. The molecule has 1 aliphatic heterocycles. The van der Waals surface area contributed by atoms with E-state index in [4.69, 9.17) is 18.9 Å². The number of ether oxygens (including phenoxy) is 4. The zero-order chi connectivity index (χ0) is 20.1. The number of benzene rings is 2. The van der Waals surface area contributed by atoms with Crippen LogP contribution < -0.4 is 14.2 Å². The average molecular weight is 382 g/mol. The number of allylic oxidation sites excluding steroid dienone is 1. The quantitative estimate of drug-likeness (QED) is 0.532. The highest BCUT2D eigenvalue weighted by Crippen LogP contribution is 2.36. The minimum absolute atomic E-state index is 0.206. The molecule has 1 heterocycles. The van der Waals surface area contributed by atoms with E-state index >= 15 is 0 Å². The van der Waals surface area contributed by atoms with Crippen molar-refractivity contribution < 1.29 is 28.5 Å². The molecule has 0 saturated carbocycles. The fraction of sp³-hybridized carbons (Fsp3) is 0.273. The third-order valence-electron chi connectivity index (χ3n) is 4.08. The summed E-state index contributed by atoms with van der Waals surface area (Å²) in [5.74, 6) is 1.02. The number of para-hydroxylation sites is 1. The number of carbonyl (C=O) groups excluding carboxylic acids is 2. The van der Waals surface area contributed by atoms with Crippen LogP contribution in [0, 0.1) is 0 Å². The normalized spacial score (nSPS) is 15.0. The van der Waals surface area contributed by atoms with Crippen molar-refractivity contribution in [1.82, 2.24) is 0 Å². The van der Waals surface area contributed by atoms with Gasteiger partial charge in [0.15, 0.2) is 11.9 Å². The Morgan fingerprint density at radius 1 is 1.14 bits per heavy atom. The molecule has 6 nitrogen and oxygen atoms in total.